The Morgan fingerprint density at radius 2 is 0.829 bits per heavy atom. The average molecular weight is 585 g/mol. The molecule has 0 fully saturated rings. The molecule has 7 rings (SSSR count). The minimum atomic E-state index is -1.15. The minimum absolute atomic E-state index is 0.763. The van der Waals surface area contributed by atoms with Crippen molar-refractivity contribution in [1.82, 2.24) is 0 Å². The van der Waals surface area contributed by atoms with Gasteiger partial charge in [0.2, 0.25) is 0 Å². The van der Waals surface area contributed by atoms with Gasteiger partial charge in [0, 0.05) is 41.4 Å². The average Bonchev–Trinajstić information content (AvgIpc) is 3.43. The van der Waals surface area contributed by atoms with Crippen molar-refractivity contribution in [3.8, 4) is 11.5 Å². The quantitative estimate of drug-likeness (QED) is 0.166. The molecule has 0 bridgehead atoms. The minimum Gasteiger partial charge on any atom is -0.461 e. The highest BCUT2D eigenvalue weighted by Gasteiger charge is 2.26. The Morgan fingerprint density at radius 1 is 0.390 bits per heavy atom. The molecule has 0 atom stereocenters. The van der Waals surface area contributed by atoms with E-state index in [4.69, 9.17) is 9.05 Å². The molecule has 0 aliphatic heterocycles. The largest absolute Gasteiger partial charge is 0.461 e. The highest BCUT2D eigenvalue weighted by atomic mass is 32.1. The number of benzene rings is 6. The maximum Gasteiger partial charge on any atom is 0.175 e. The van der Waals surface area contributed by atoms with Crippen LogP contribution in [0.25, 0.3) is 20.2 Å². The number of rotatable bonds is 8. The van der Waals surface area contributed by atoms with Gasteiger partial charge in [-0.05, 0) is 18.2 Å². The molecule has 0 radical (unpaired) electrons. The monoisotopic (exact) mass is 584 g/mol. The summed E-state index contributed by atoms with van der Waals surface area (Å²) in [5.74, 6) is 1.57. The van der Waals surface area contributed by atoms with Crippen molar-refractivity contribution in [1.29, 1.82) is 0 Å². The van der Waals surface area contributed by atoms with Crippen LogP contribution in [0.4, 0.5) is 0 Å². The molecule has 2 nitrogen and oxygen atoms in total. The molecule has 0 aliphatic carbocycles. The normalized spacial score (nSPS) is 11.4. The molecule has 0 N–H and O–H groups in total. The maximum atomic E-state index is 7.23. The van der Waals surface area contributed by atoms with Gasteiger partial charge in [-0.2, -0.15) is 0 Å². The van der Waals surface area contributed by atoms with Gasteiger partial charge in [-0.3, -0.25) is 0 Å². The smallest absolute Gasteiger partial charge is 0.175 e. The summed E-state index contributed by atoms with van der Waals surface area (Å²) in [6.07, 6.45) is 0. The first-order valence-corrected chi connectivity index (χ1v) is 16.8. The molecule has 0 saturated heterocycles. The van der Waals surface area contributed by atoms with Crippen molar-refractivity contribution in [2.45, 2.75) is 0 Å². The fraction of sp³-hybridized carbons (Fsp3) is 0. The van der Waals surface area contributed by atoms with E-state index >= 15 is 0 Å². The third-order valence-electron chi connectivity index (χ3n) is 6.79. The molecule has 0 spiro atoms. The first-order chi connectivity index (χ1) is 20.3. The van der Waals surface area contributed by atoms with Crippen molar-refractivity contribution >= 4 is 69.0 Å². The summed E-state index contributed by atoms with van der Waals surface area (Å²) < 4.78 is 16.7. The lowest BCUT2D eigenvalue weighted by Gasteiger charge is -2.25. The summed E-state index contributed by atoms with van der Waals surface area (Å²) in [4.78, 5) is 0. The van der Waals surface area contributed by atoms with Gasteiger partial charge in [-0.25, -0.2) is 0 Å². The van der Waals surface area contributed by atoms with Crippen molar-refractivity contribution in [3.63, 3.8) is 0 Å². The second-order valence-electron chi connectivity index (χ2n) is 9.48. The van der Waals surface area contributed by atoms with E-state index in [1.807, 2.05) is 12.1 Å². The Bertz CT molecular complexity index is 1810. The summed E-state index contributed by atoms with van der Waals surface area (Å²) >= 11 is 1.79. The predicted octanol–water partition coefficient (Wildman–Crippen LogP) is 8.91. The van der Waals surface area contributed by atoms with Crippen LogP contribution in [-0.2, 0) is 0 Å². The molecule has 0 amide bonds. The number of thiophene rings is 1. The van der Waals surface area contributed by atoms with Crippen LogP contribution in [0.1, 0.15) is 0 Å². The van der Waals surface area contributed by atoms with Crippen LogP contribution < -0.4 is 30.3 Å². The maximum absolute atomic E-state index is 7.23. The first kappa shape index (κ1) is 25.9. The van der Waals surface area contributed by atoms with Crippen LogP contribution in [0.5, 0.6) is 11.5 Å². The Morgan fingerprint density at radius 3 is 1.34 bits per heavy atom. The zero-order chi connectivity index (χ0) is 27.4. The van der Waals surface area contributed by atoms with E-state index in [0.29, 0.717) is 0 Å². The Kier molecular flexibility index (Phi) is 7.50. The van der Waals surface area contributed by atoms with Crippen molar-refractivity contribution in [3.05, 3.63) is 158 Å². The van der Waals surface area contributed by atoms with Gasteiger partial charge in [0.15, 0.2) is 27.8 Å². The van der Waals surface area contributed by atoms with Gasteiger partial charge in [0.1, 0.15) is 0 Å². The van der Waals surface area contributed by atoms with E-state index in [9.17, 15) is 0 Å². The fourth-order valence-corrected chi connectivity index (χ4v) is 9.48. The third-order valence-corrected chi connectivity index (χ3v) is 11.7. The molecule has 0 aliphatic rings. The Labute approximate surface area is 246 Å². The summed E-state index contributed by atoms with van der Waals surface area (Å²) in [7, 11) is -2.29. The summed E-state index contributed by atoms with van der Waals surface area (Å²) in [6.45, 7) is 0. The molecule has 0 unspecified atom stereocenters. The predicted molar refractivity (Wildman–Crippen MR) is 179 cm³/mol. The highest BCUT2D eigenvalue weighted by Crippen LogP contribution is 2.52. The molecule has 1 heterocycles. The first-order valence-electron chi connectivity index (χ1n) is 13.5. The molecule has 41 heavy (non-hydrogen) atoms. The van der Waals surface area contributed by atoms with E-state index < -0.39 is 16.3 Å². The van der Waals surface area contributed by atoms with Crippen molar-refractivity contribution in [2.75, 3.05) is 0 Å². The van der Waals surface area contributed by atoms with Crippen LogP contribution in [-0.4, -0.2) is 0 Å². The van der Waals surface area contributed by atoms with Gasteiger partial charge < -0.3 is 9.05 Å². The lowest BCUT2D eigenvalue weighted by Crippen LogP contribution is -2.17. The molecule has 1 aromatic heterocycles. The van der Waals surface area contributed by atoms with E-state index in [0.717, 1.165) is 38.1 Å². The van der Waals surface area contributed by atoms with Gasteiger partial charge in [0.05, 0.1) is 0 Å². The van der Waals surface area contributed by atoms with Crippen LogP contribution in [0.15, 0.2) is 158 Å². The lowest BCUT2D eigenvalue weighted by molar-refractivity contribution is 0.560. The Balaban J connectivity index is 1.43. The van der Waals surface area contributed by atoms with Gasteiger partial charge >= 0.3 is 0 Å². The van der Waals surface area contributed by atoms with E-state index in [1.54, 1.807) is 11.3 Å². The van der Waals surface area contributed by atoms with E-state index in [2.05, 4.69) is 146 Å². The summed E-state index contributed by atoms with van der Waals surface area (Å²) in [5, 5.41) is 6.92. The van der Waals surface area contributed by atoms with Crippen molar-refractivity contribution in [2.24, 2.45) is 0 Å². The standard InChI is InChI=1S/C36H26O2P2S/c1-5-15-27(16-6-1)39(28-17-7-2-8-18-28)37-32-25-26-34-35(31-23-13-14-24-33(31)41-34)36(32)38-40(29-19-9-3-10-20-29)30-21-11-4-12-22-30/h1-26H. The molecule has 198 valence electrons. The lowest BCUT2D eigenvalue weighted by atomic mass is 10.1. The SMILES string of the molecule is c1ccc(P(Oc2ccc3sc4ccccc4c3c2OP(c2ccccc2)c2ccccc2)c2ccccc2)cc1. The van der Waals surface area contributed by atoms with E-state index in [-0.39, 0.29) is 0 Å². The van der Waals surface area contributed by atoms with Gasteiger partial charge in [-0.1, -0.05) is 140 Å². The second kappa shape index (κ2) is 11.9. The van der Waals surface area contributed by atoms with Crippen LogP contribution in [0.2, 0.25) is 0 Å². The zero-order valence-corrected chi connectivity index (χ0v) is 24.7. The summed E-state index contributed by atoms with van der Waals surface area (Å²) in [6, 6.07) is 54.9. The third kappa shape index (κ3) is 5.37. The summed E-state index contributed by atoms with van der Waals surface area (Å²) in [5.41, 5.74) is 0. The number of hydrogen-bond acceptors (Lipinski definition) is 3. The highest BCUT2D eigenvalue weighted by molar-refractivity contribution is 7.69. The fourth-order valence-electron chi connectivity index (χ4n) is 4.88. The second-order valence-corrected chi connectivity index (χ2v) is 14.2. The topological polar surface area (TPSA) is 18.5 Å². The Hall–Kier alpha value is -4.00. The molecule has 6 aromatic carbocycles. The molecule has 0 saturated carbocycles. The van der Waals surface area contributed by atoms with Crippen molar-refractivity contribution < 1.29 is 9.05 Å². The molecule has 7 aromatic rings. The molecular formula is C36H26O2P2S. The number of fused-ring (bicyclic) bond motifs is 3. The molecule has 5 heteroatoms. The van der Waals surface area contributed by atoms with E-state index in [1.165, 1.54) is 14.8 Å². The molecular weight excluding hydrogens is 558 g/mol. The van der Waals surface area contributed by atoms with Crippen LogP contribution in [0.3, 0.4) is 0 Å². The van der Waals surface area contributed by atoms with Gasteiger partial charge in [-0.15, -0.1) is 11.3 Å². The van der Waals surface area contributed by atoms with Crippen LogP contribution >= 0.6 is 27.6 Å². The van der Waals surface area contributed by atoms with Gasteiger partial charge in [0.25, 0.3) is 0 Å². The number of hydrogen-bond donors (Lipinski definition) is 0. The van der Waals surface area contributed by atoms with Crippen LogP contribution in [0, 0.1) is 0 Å². The zero-order valence-electron chi connectivity index (χ0n) is 22.1.